The normalized spacial score (nSPS) is 20.0. The number of aromatic nitrogens is 4. The van der Waals surface area contributed by atoms with E-state index in [9.17, 15) is 10.1 Å². The minimum absolute atomic E-state index is 0.107. The lowest BCUT2D eigenvalue weighted by atomic mass is 9.85. The minimum atomic E-state index is -0.301. The van der Waals surface area contributed by atoms with Gasteiger partial charge in [0.25, 0.3) is 0 Å². The molecule has 3 heterocycles. The average Bonchev–Trinajstić information content (AvgIpc) is 3.20. The first-order valence-corrected chi connectivity index (χ1v) is 12.9. The van der Waals surface area contributed by atoms with Crippen LogP contribution in [0.3, 0.4) is 0 Å². The van der Waals surface area contributed by atoms with Crippen molar-refractivity contribution in [1.82, 2.24) is 24.0 Å². The fourth-order valence-corrected chi connectivity index (χ4v) is 5.47. The average molecular weight is 490 g/mol. The van der Waals surface area contributed by atoms with Crippen LogP contribution in [0, 0.1) is 11.3 Å². The fourth-order valence-electron chi connectivity index (χ4n) is 5.47. The monoisotopic (exact) mass is 489 g/mol. The van der Waals surface area contributed by atoms with E-state index in [4.69, 9.17) is 4.98 Å². The maximum absolute atomic E-state index is 12.9. The molecule has 192 valence electrons. The largest absolute Gasteiger partial charge is 0.350 e. The standard InChI is InChI=1S/C28H39N7O/c1-9-33-23(13-14-29)30-24-25(31-27(36)32(8)26(24)33)35-17-18(2)34(16-19(35)3)20(4)21-11-10-12-22(15-21)28(5,6)7/h10-12,15,18-20H,9,13,16-17H2,1-8H3/t18-,19+,20?/m1/s1. The Hall–Kier alpha value is -3.18. The summed E-state index contributed by atoms with van der Waals surface area (Å²) < 4.78 is 3.50. The molecule has 0 aliphatic carbocycles. The highest BCUT2D eigenvalue weighted by Crippen LogP contribution is 2.33. The van der Waals surface area contributed by atoms with E-state index >= 15 is 0 Å². The second-order valence-corrected chi connectivity index (χ2v) is 11.2. The summed E-state index contributed by atoms with van der Waals surface area (Å²) in [7, 11) is 1.73. The maximum Gasteiger partial charge on any atom is 0.350 e. The van der Waals surface area contributed by atoms with E-state index in [0.29, 0.717) is 23.7 Å². The van der Waals surface area contributed by atoms with Crippen molar-refractivity contribution >= 4 is 17.0 Å². The molecule has 0 spiro atoms. The smallest absolute Gasteiger partial charge is 0.349 e. The Morgan fingerprint density at radius 2 is 1.89 bits per heavy atom. The summed E-state index contributed by atoms with van der Waals surface area (Å²) in [6.07, 6.45) is 0.195. The lowest BCUT2D eigenvalue weighted by Gasteiger charge is -2.47. The molecule has 1 aliphatic rings. The number of hydrogen-bond donors (Lipinski definition) is 0. The van der Waals surface area contributed by atoms with E-state index in [1.807, 2.05) is 11.5 Å². The Bertz CT molecular complexity index is 1360. The maximum atomic E-state index is 12.9. The van der Waals surface area contributed by atoms with Gasteiger partial charge in [0, 0.05) is 44.8 Å². The lowest BCUT2D eigenvalue weighted by Crippen LogP contribution is -2.57. The van der Waals surface area contributed by atoms with Gasteiger partial charge >= 0.3 is 5.69 Å². The Labute approximate surface area is 214 Å². The van der Waals surface area contributed by atoms with Crippen LogP contribution in [-0.2, 0) is 25.4 Å². The van der Waals surface area contributed by atoms with Gasteiger partial charge in [-0.25, -0.2) is 9.78 Å². The number of aryl methyl sites for hydroxylation is 2. The number of rotatable bonds is 5. The van der Waals surface area contributed by atoms with Crippen molar-refractivity contribution in [3.63, 3.8) is 0 Å². The van der Waals surface area contributed by atoms with Crippen LogP contribution in [0.15, 0.2) is 29.1 Å². The minimum Gasteiger partial charge on any atom is -0.349 e. The van der Waals surface area contributed by atoms with Crippen LogP contribution in [0.4, 0.5) is 5.82 Å². The van der Waals surface area contributed by atoms with Crippen molar-refractivity contribution in [2.75, 3.05) is 18.0 Å². The van der Waals surface area contributed by atoms with Gasteiger partial charge in [0.15, 0.2) is 5.82 Å². The molecule has 1 aliphatic heterocycles. The topological polar surface area (TPSA) is 83.0 Å². The number of imidazole rings is 1. The van der Waals surface area contributed by atoms with Crippen LogP contribution < -0.4 is 10.6 Å². The zero-order valence-corrected chi connectivity index (χ0v) is 22.9. The Kier molecular flexibility index (Phi) is 6.98. The van der Waals surface area contributed by atoms with Gasteiger partial charge in [-0.1, -0.05) is 45.0 Å². The number of nitrogens with zero attached hydrogens (tertiary/aromatic N) is 7. The van der Waals surface area contributed by atoms with Gasteiger partial charge in [-0.3, -0.25) is 9.47 Å². The molecular weight excluding hydrogens is 450 g/mol. The van der Waals surface area contributed by atoms with Crippen molar-refractivity contribution in [2.24, 2.45) is 7.05 Å². The highest BCUT2D eigenvalue weighted by atomic mass is 16.1. The molecule has 0 N–H and O–H groups in total. The second-order valence-electron chi connectivity index (χ2n) is 11.2. The number of piperazine rings is 1. The summed E-state index contributed by atoms with van der Waals surface area (Å²) in [6.45, 7) is 17.7. The van der Waals surface area contributed by atoms with Crippen molar-refractivity contribution < 1.29 is 0 Å². The van der Waals surface area contributed by atoms with Gasteiger partial charge in [0.1, 0.15) is 17.0 Å². The summed E-state index contributed by atoms with van der Waals surface area (Å²) in [5.41, 5.74) is 3.90. The molecule has 3 aromatic rings. The third-order valence-corrected chi connectivity index (χ3v) is 7.63. The van der Waals surface area contributed by atoms with Crippen LogP contribution in [-0.4, -0.2) is 49.2 Å². The molecule has 0 bridgehead atoms. The molecule has 1 unspecified atom stereocenters. The molecule has 2 aromatic heterocycles. The van der Waals surface area contributed by atoms with Crippen LogP contribution in [0.1, 0.15) is 71.5 Å². The van der Waals surface area contributed by atoms with Crippen molar-refractivity contribution in [1.29, 1.82) is 5.26 Å². The van der Waals surface area contributed by atoms with Crippen LogP contribution >= 0.6 is 0 Å². The zero-order valence-electron chi connectivity index (χ0n) is 22.9. The van der Waals surface area contributed by atoms with E-state index in [2.05, 4.69) is 86.7 Å². The van der Waals surface area contributed by atoms with Crippen LogP contribution in [0.5, 0.6) is 0 Å². The van der Waals surface area contributed by atoms with Crippen molar-refractivity contribution in [2.45, 2.75) is 85.0 Å². The fraction of sp³-hybridized carbons (Fsp3) is 0.571. The van der Waals surface area contributed by atoms with Gasteiger partial charge in [-0.15, -0.1) is 0 Å². The molecule has 0 amide bonds. The van der Waals surface area contributed by atoms with Gasteiger partial charge < -0.3 is 9.47 Å². The number of benzene rings is 1. The highest BCUT2D eigenvalue weighted by molar-refractivity contribution is 5.84. The number of fused-ring (bicyclic) bond motifs is 1. The summed E-state index contributed by atoms with van der Waals surface area (Å²) >= 11 is 0. The Balaban J connectivity index is 1.69. The van der Waals surface area contributed by atoms with E-state index < -0.39 is 0 Å². The number of anilines is 1. The molecule has 1 aromatic carbocycles. The zero-order chi connectivity index (χ0) is 26.4. The molecule has 8 nitrogen and oxygen atoms in total. The van der Waals surface area contributed by atoms with E-state index in [0.717, 1.165) is 18.7 Å². The third kappa shape index (κ3) is 4.53. The molecule has 3 atom stereocenters. The molecule has 4 rings (SSSR count). The van der Waals surface area contributed by atoms with Gasteiger partial charge in [-0.2, -0.15) is 10.2 Å². The SMILES string of the molecule is CCn1c(CC#N)nc2c(N3C[C@@H](C)N(C(C)c4cccc(C(C)(C)C)c4)C[C@@H]3C)nc(=O)n(C)c21. The van der Waals surface area contributed by atoms with Crippen LogP contribution in [0.25, 0.3) is 11.2 Å². The second kappa shape index (κ2) is 9.70. The predicted molar refractivity (Wildman–Crippen MR) is 144 cm³/mol. The molecule has 1 saturated heterocycles. The molecular formula is C28H39N7O. The lowest BCUT2D eigenvalue weighted by molar-refractivity contribution is 0.119. The third-order valence-electron chi connectivity index (χ3n) is 7.63. The predicted octanol–water partition coefficient (Wildman–Crippen LogP) is 4.17. The number of nitriles is 1. The summed E-state index contributed by atoms with van der Waals surface area (Å²) in [5, 5.41) is 9.32. The first-order valence-electron chi connectivity index (χ1n) is 12.9. The first kappa shape index (κ1) is 25.9. The molecule has 36 heavy (non-hydrogen) atoms. The molecule has 8 heteroatoms. The van der Waals surface area contributed by atoms with Crippen LogP contribution in [0.2, 0.25) is 0 Å². The Morgan fingerprint density at radius 3 is 2.53 bits per heavy atom. The van der Waals surface area contributed by atoms with Crippen molar-refractivity contribution in [3.05, 3.63) is 51.7 Å². The van der Waals surface area contributed by atoms with E-state index in [1.54, 1.807) is 11.6 Å². The molecule has 0 radical (unpaired) electrons. The van der Waals surface area contributed by atoms with Gasteiger partial charge in [-0.05, 0) is 44.2 Å². The Morgan fingerprint density at radius 1 is 1.17 bits per heavy atom. The molecule has 1 fully saturated rings. The summed E-state index contributed by atoms with van der Waals surface area (Å²) in [5.74, 6) is 1.30. The molecule has 0 saturated carbocycles. The van der Waals surface area contributed by atoms with E-state index in [-0.39, 0.29) is 35.7 Å². The number of hydrogen-bond acceptors (Lipinski definition) is 6. The summed E-state index contributed by atoms with van der Waals surface area (Å²) in [4.78, 5) is 27.0. The summed E-state index contributed by atoms with van der Waals surface area (Å²) in [6, 6.07) is 11.8. The first-order chi connectivity index (χ1) is 17.0. The van der Waals surface area contributed by atoms with Gasteiger partial charge in [0.05, 0.1) is 12.5 Å². The van der Waals surface area contributed by atoms with Crippen molar-refractivity contribution in [3.8, 4) is 6.07 Å². The highest BCUT2D eigenvalue weighted by Gasteiger charge is 2.35. The van der Waals surface area contributed by atoms with E-state index in [1.165, 1.54) is 11.1 Å². The quantitative estimate of drug-likeness (QED) is 0.535. The van der Waals surface area contributed by atoms with Gasteiger partial charge in [0.2, 0.25) is 0 Å².